The highest BCUT2D eigenvalue weighted by Gasteiger charge is 2.41. The van der Waals surface area contributed by atoms with Gasteiger partial charge in [0.05, 0.1) is 18.3 Å². The molecule has 3 aromatic rings. The van der Waals surface area contributed by atoms with Gasteiger partial charge < -0.3 is 15.0 Å². The summed E-state index contributed by atoms with van der Waals surface area (Å²) in [5.74, 6) is 0.921. The van der Waals surface area contributed by atoms with Crippen LogP contribution in [0.15, 0.2) is 79.0 Å². The first-order valence-corrected chi connectivity index (χ1v) is 11.8. The van der Waals surface area contributed by atoms with Gasteiger partial charge in [0.1, 0.15) is 12.4 Å². The van der Waals surface area contributed by atoms with Gasteiger partial charge in [-0.25, -0.2) is 0 Å². The standard InChI is InChI=1S/C27H30ClN3O2/c1-27(14-17-29-18-15-27)26(32)31(19-20-33-23-7-3-2-4-8-23)25(24-9-5-6-16-30-24)21-10-12-22(28)13-11-21/h2-13,16,25,29H,14-15,17-20H2,1H3/t25-/m1/s1. The Balaban J connectivity index is 1.68. The number of aromatic nitrogens is 1. The van der Waals surface area contributed by atoms with Crippen molar-refractivity contribution in [3.63, 3.8) is 0 Å². The predicted octanol–water partition coefficient (Wildman–Crippen LogP) is 5.12. The summed E-state index contributed by atoms with van der Waals surface area (Å²) in [4.78, 5) is 20.7. The predicted molar refractivity (Wildman–Crippen MR) is 131 cm³/mol. The SMILES string of the molecule is CC1(C(=O)N(CCOc2ccccc2)[C@H](c2ccc(Cl)cc2)c2ccccn2)CCNCC1. The third-order valence-electron chi connectivity index (χ3n) is 6.29. The second kappa shape index (κ2) is 10.8. The molecular weight excluding hydrogens is 434 g/mol. The molecular formula is C27H30ClN3O2. The number of piperidine rings is 1. The van der Waals surface area contributed by atoms with Crippen LogP contribution < -0.4 is 10.1 Å². The van der Waals surface area contributed by atoms with E-state index in [2.05, 4.69) is 17.2 Å². The summed E-state index contributed by atoms with van der Waals surface area (Å²) >= 11 is 6.18. The maximum atomic E-state index is 14.1. The Kier molecular flexibility index (Phi) is 7.63. The Labute approximate surface area is 200 Å². The first-order chi connectivity index (χ1) is 16.1. The van der Waals surface area contributed by atoms with Gasteiger partial charge in [0.25, 0.3) is 0 Å². The van der Waals surface area contributed by atoms with Crippen LogP contribution in [0.2, 0.25) is 5.02 Å². The minimum absolute atomic E-state index is 0.131. The van der Waals surface area contributed by atoms with Gasteiger partial charge in [-0.05, 0) is 67.9 Å². The molecule has 0 radical (unpaired) electrons. The van der Waals surface area contributed by atoms with Crippen LogP contribution >= 0.6 is 11.6 Å². The van der Waals surface area contributed by atoms with Crippen LogP contribution in [0, 0.1) is 5.41 Å². The Bertz CT molecular complexity index is 1020. The van der Waals surface area contributed by atoms with E-state index in [-0.39, 0.29) is 11.9 Å². The lowest BCUT2D eigenvalue weighted by atomic mass is 9.79. The molecule has 6 heteroatoms. The summed E-state index contributed by atoms with van der Waals surface area (Å²) in [5.41, 5.74) is 1.37. The number of rotatable bonds is 8. The molecule has 5 nitrogen and oxygen atoms in total. The minimum Gasteiger partial charge on any atom is -0.492 e. The number of carbonyl (C=O) groups is 1. The molecule has 2 aromatic carbocycles. The number of pyridine rings is 1. The van der Waals surface area contributed by atoms with Crippen molar-refractivity contribution in [1.29, 1.82) is 0 Å². The molecule has 2 heterocycles. The summed E-state index contributed by atoms with van der Waals surface area (Å²) in [5, 5.41) is 4.04. The Morgan fingerprint density at radius 3 is 2.42 bits per heavy atom. The molecule has 4 rings (SSSR count). The Hall–Kier alpha value is -2.89. The van der Waals surface area contributed by atoms with Crippen LogP contribution in [0.25, 0.3) is 0 Å². The summed E-state index contributed by atoms with van der Waals surface area (Å²) in [7, 11) is 0. The van der Waals surface area contributed by atoms with E-state index in [4.69, 9.17) is 16.3 Å². The average molecular weight is 464 g/mol. The van der Waals surface area contributed by atoms with Crippen LogP contribution in [0.3, 0.4) is 0 Å². The summed E-state index contributed by atoms with van der Waals surface area (Å²) in [6.07, 6.45) is 3.38. The van der Waals surface area contributed by atoms with Gasteiger partial charge >= 0.3 is 0 Å². The lowest BCUT2D eigenvalue weighted by molar-refractivity contribution is -0.145. The van der Waals surface area contributed by atoms with Gasteiger partial charge in [0, 0.05) is 16.6 Å². The fraction of sp³-hybridized carbons (Fsp3) is 0.333. The number of ether oxygens (including phenoxy) is 1. The van der Waals surface area contributed by atoms with Crippen molar-refractivity contribution in [2.45, 2.75) is 25.8 Å². The van der Waals surface area contributed by atoms with Gasteiger partial charge in [-0.1, -0.05) is 54.9 Å². The lowest BCUT2D eigenvalue weighted by Gasteiger charge is -2.41. The second-order valence-electron chi connectivity index (χ2n) is 8.68. The van der Waals surface area contributed by atoms with E-state index in [1.165, 1.54) is 0 Å². The fourth-order valence-corrected chi connectivity index (χ4v) is 4.48. The highest BCUT2D eigenvalue weighted by Crippen LogP contribution is 2.36. The van der Waals surface area contributed by atoms with Gasteiger partial charge in [-0.3, -0.25) is 9.78 Å². The number of hydrogen-bond donors (Lipinski definition) is 1. The smallest absolute Gasteiger partial charge is 0.229 e. The Morgan fingerprint density at radius 2 is 1.76 bits per heavy atom. The number of para-hydroxylation sites is 1. The van der Waals surface area contributed by atoms with E-state index in [0.29, 0.717) is 18.2 Å². The van der Waals surface area contributed by atoms with Crippen molar-refractivity contribution in [3.8, 4) is 5.75 Å². The molecule has 0 saturated carbocycles. The first-order valence-electron chi connectivity index (χ1n) is 11.4. The van der Waals surface area contributed by atoms with Crippen molar-refractivity contribution in [2.75, 3.05) is 26.2 Å². The van der Waals surface area contributed by atoms with E-state index in [1.807, 2.05) is 77.7 Å². The molecule has 1 N–H and O–H groups in total. The lowest BCUT2D eigenvalue weighted by Crippen LogP contribution is -2.50. The van der Waals surface area contributed by atoms with Crippen LogP contribution in [-0.4, -0.2) is 42.0 Å². The molecule has 33 heavy (non-hydrogen) atoms. The number of benzene rings is 2. The van der Waals surface area contributed by atoms with Gasteiger partial charge in [-0.15, -0.1) is 0 Å². The molecule has 0 spiro atoms. The molecule has 0 unspecified atom stereocenters. The summed E-state index contributed by atoms with van der Waals surface area (Å²) in [6, 6.07) is 22.9. The van der Waals surface area contributed by atoms with Crippen LogP contribution in [0.5, 0.6) is 5.75 Å². The van der Waals surface area contributed by atoms with Gasteiger partial charge in [0.2, 0.25) is 5.91 Å². The number of nitrogens with zero attached hydrogens (tertiary/aromatic N) is 2. The molecule has 1 amide bonds. The highest BCUT2D eigenvalue weighted by atomic mass is 35.5. The number of halogens is 1. The topological polar surface area (TPSA) is 54.5 Å². The van der Waals surface area contributed by atoms with E-state index in [9.17, 15) is 4.79 Å². The summed E-state index contributed by atoms with van der Waals surface area (Å²) < 4.78 is 6.00. The minimum atomic E-state index is -0.433. The van der Waals surface area contributed by atoms with Crippen molar-refractivity contribution >= 4 is 17.5 Å². The average Bonchev–Trinajstić information content (AvgIpc) is 2.86. The zero-order chi connectivity index (χ0) is 23.1. The third kappa shape index (κ3) is 5.73. The van der Waals surface area contributed by atoms with Crippen molar-refractivity contribution in [1.82, 2.24) is 15.2 Å². The maximum Gasteiger partial charge on any atom is 0.229 e. The largest absolute Gasteiger partial charge is 0.492 e. The second-order valence-corrected chi connectivity index (χ2v) is 9.12. The maximum absolute atomic E-state index is 14.1. The van der Waals surface area contributed by atoms with E-state index in [1.54, 1.807) is 6.20 Å². The molecule has 0 aliphatic carbocycles. The molecule has 1 saturated heterocycles. The number of nitrogens with one attached hydrogen (secondary N) is 1. The van der Waals surface area contributed by atoms with Gasteiger partial charge in [-0.2, -0.15) is 0 Å². The Morgan fingerprint density at radius 1 is 1.06 bits per heavy atom. The quantitative estimate of drug-likeness (QED) is 0.503. The fourth-order valence-electron chi connectivity index (χ4n) is 4.36. The number of hydrogen-bond acceptors (Lipinski definition) is 4. The van der Waals surface area contributed by atoms with Crippen LogP contribution in [0.4, 0.5) is 0 Å². The zero-order valence-electron chi connectivity index (χ0n) is 18.9. The molecule has 1 fully saturated rings. The van der Waals surface area contributed by atoms with E-state index < -0.39 is 5.41 Å². The molecule has 172 valence electrons. The van der Waals surface area contributed by atoms with E-state index >= 15 is 0 Å². The number of carbonyl (C=O) groups excluding carboxylic acids is 1. The zero-order valence-corrected chi connectivity index (χ0v) is 19.7. The van der Waals surface area contributed by atoms with Gasteiger partial charge in [0.15, 0.2) is 0 Å². The molecule has 1 aliphatic rings. The van der Waals surface area contributed by atoms with Crippen molar-refractivity contribution in [3.05, 3.63) is 95.3 Å². The van der Waals surface area contributed by atoms with Crippen molar-refractivity contribution in [2.24, 2.45) is 5.41 Å². The third-order valence-corrected chi connectivity index (χ3v) is 6.55. The molecule has 1 atom stereocenters. The van der Waals surface area contributed by atoms with Crippen LogP contribution in [-0.2, 0) is 4.79 Å². The normalized spacial score (nSPS) is 16.1. The summed E-state index contributed by atoms with van der Waals surface area (Å²) in [6.45, 7) is 4.60. The molecule has 1 aliphatic heterocycles. The molecule has 1 aromatic heterocycles. The monoisotopic (exact) mass is 463 g/mol. The number of amides is 1. The van der Waals surface area contributed by atoms with Crippen molar-refractivity contribution < 1.29 is 9.53 Å². The first kappa shape index (κ1) is 23.3. The highest BCUT2D eigenvalue weighted by molar-refractivity contribution is 6.30. The van der Waals surface area contributed by atoms with E-state index in [0.717, 1.165) is 42.9 Å². The molecule has 0 bridgehead atoms. The van der Waals surface area contributed by atoms with Crippen LogP contribution in [0.1, 0.15) is 37.1 Å².